The first-order valence-electron chi connectivity index (χ1n) is 9.96. The molecule has 3 aromatic rings. The zero-order chi connectivity index (χ0) is 21.1. The minimum atomic E-state index is -0.318. The fraction of sp³-hybridized carbons (Fsp3) is 0.261. The van der Waals surface area contributed by atoms with E-state index < -0.39 is 0 Å². The SMILES string of the molecule is CC1CN(C(=O)c2ccccc2NC(=O)c2cnn(-c3ccccc3)c2)CC(C)O1. The third-order valence-electron chi connectivity index (χ3n) is 4.98. The van der Waals surface area contributed by atoms with Gasteiger partial charge >= 0.3 is 0 Å². The van der Waals surface area contributed by atoms with Crippen molar-refractivity contribution in [2.75, 3.05) is 18.4 Å². The number of para-hydroxylation sites is 2. The summed E-state index contributed by atoms with van der Waals surface area (Å²) in [5.74, 6) is -0.436. The van der Waals surface area contributed by atoms with Crippen molar-refractivity contribution in [2.24, 2.45) is 0 Å². The lowest BCUT2D eigenvalue weighted by atomic mass is 10.1. The number of rotatable bonds is 4. The molecule has 0 bridgehead atoms. The van der Waals surface area contributed by atoms with Crippen LogP contribution in [0.25, 0.3) is 5.69 Å². The number of benzene rings is 2. The maximum Gasteiger partial charge on any atom is 0.258 e. The Labute approximate surface area is 175 Å². The van der Waals surface area contributed by atoms with Gasteiger partial charge in [0.15, 0.2) is 0 Å². The molecule has 0 saturated carbocycles. The molecule has 4 rings (SSSR count). The van der Waals surface area contributed by atoms with Gasteiger partial charge in [0, 0.05) is 19.3 Å². The van der Waals surface area contributed by atoms with Crippen LogP contribution in [0.2, 0.25) is 0 Å². The molecule has 1 N–H and O–H groups in total. The van der Waals surface area contributed by atoms with Crippen molar-refractivity contribution in [1.29, 1.82) is 0 Å². The molecule has 2 aromatic carbocycles. The Morgan fingerprint density at radius 3 is 2.40 bits per heavy atom. The van der Waals surface area contributed by atoms with Gasteiger partial charge in [-0.3, -0.25) is 9.59 Å². The van der Waals surface area contributed by atoms with Gasteiger partial charge in [-0.25, -0.2) is 4.68 Å². The smallest absolute Gasteiger partial charge is 0.258 e. The summed E-state index contributed by atoms with van der Waals surface area (Å²) in [6, 6.07) is 16.6. The van der Waals surface area contributed by atoms with Crippen molar-refractivity contribution in [3.8, 4) is 5.69 Å². The Kier molecular flexibility index (Phi) is 5.63. The Bertz CT molecular complexity index is 1040. The second kappa shape index (κ2) is 8.51. The molecule has 2 unspecified atom stereocenters. The number of nitrogens with zero attached hydrogens (tertiary/aromatic N) is 3. The summed E-state index contributed by atoms with van der Waals surface area (Å²) in [5, 5.41) is 7.13. The molecule has 0 aliphatic carbocycles. The molecule has 0 radical (unpaired) electrons. The first-order chi connectivity index (χ1) is 14.5. The molecular weight excluding hydrogens is 380 g/mol. The minimum Gasteiger partial charge on any atom is -0.372 e. The van der Waals surface area contributed by atoms with E-state index in [1.807, 2.05) is 44.2 Å². The van der Waals surface area contributed by atoms with Gasteiger partial charge in [-0.2, -0.15) is 5.10 Å². The first-order valence-corrected chi connectivity index (χ1v) is 9.96. The number of anilines is 1. The quantitative estimate of drug-likeness (QED) is 0.723. The zero-order valence-corrected chi connectivity index (χ0v) is 17.0. The molecule has 7 nitrogen and oxygen atoms in total. The van der Waals surface area contributed by atoms with Crippen molar-refractivity contribution in [3.63, 3.8) is 0 Å². The molecule has 30 heavy (non-hydrogen) atoms. The maximum atomic E-state index is 13.1. The normalized spacial score (nSPS) is 18.8. The van der Waals surface area contributed by atoms with Crippen LogP contribution in [0, 0.1) is 0 Å². The number of hydrogen-bond acceptors (Lipinski definition) is 4. The van der Waals surface area contributed by atoms with Crippen LogP contribution in [0.5, 0.6) is 0 Å². The molecule has 1 saturated heterocycles. The van der Waals surface area contributed by atoms with Gasteiger partial charge in [0.2, 0.25) is 0 Å². The number of morpholine rings is 1. The van der Waals surface area contributed by atoms with E-state index in [1.165, 1.54) is 6.20 Å². The molecule has 0 spiro atoms. The van der Waals surface area contributed by atoms with Gasteiger partial charge in [0.05, 0.1) is 40.9 Å². The van der Waals surface area contributed by atoms with Crippen molar-refractivity contribution >= 4 is 17.5 Å². The van der Waals surface area contributed by atoms with Crippen LogP contribution in [-0.4, -0.2) is 51.8 Å². The van der Waals surface area contributed by atoms with Crippen molar-refractivity contribution in [1.82, 2.24) is 14.7 Å². The number of carbonyl (C=O) groups excluding carboxylic acids is 2. The molecule has 1 aromatic heterocycles. The van der Waals surface area contributed by atoms with Crippen molar-refractivity contribution in [2.45, 2.75) is 26.1 Å². The standard InChI is InChI=1S/C23H24N4O3/c1-16-13-26(14-17(2)30-16)23(29)20-10-6-7-11-21(20)25-22(28)18-12-24-27(15-18)19-8-4-3-5-9-19/h3-12,15-17H,13-14H2,1-2H3,(H,25,28). The molecule has 2 heterocycles. The highest BCUT2D eigenvalue weighted by molar-refractivity contribution is 6.08. The van der Waals surface area contributed by atoms with Crippen LogP contribution in [0.4, 0.5) is 5.69 Å². The fourth-order valence-corrected chi connectivity index (χ4v) is 3.65. The fourth-order valence-electron chi connectivity index (χ4n) is 3.65. The van der Waals surface area contributed by atoms with Crippen LogP contribution >= 0.6 is 0 Å². The van der Waals surface area contributed by atoms with Gasteiger partial charge in [-0.15, -0.1) is 0 Å². The summed E-state index contributed by atoms with van der Waals surface area (Å²) < 4.78 is 7.36. The highest BCUT2D eigenvalue weighted by atomic mass is 16.5. The lowest BCUT2D eigenvalue weighted by Crippen LogP contribution is -2.48. The number of amides is 2. The topological polar surface area (TPSA) is 76.5 Å². The Morgan fingerprint density at radius 1 is 1.00 bits per heavy atom. The summed E-state index contributed by atoms with van der Waals surface area (Å²) >= 11 is 0. The van der Waals surface area contributed by atoms with Crippen LogP contribution in [0.3, 0.4) is 0 Å². The molecule has 1 aliphatic heterocycles. The van der Waals surface area contributed by atoms with Gasteiger partial charge in [0.25, 0.3) is 11.8 Å². The number of carbonyl (C=O) groups is 2. The number of aromatic nitrogens is 2. The summed E-state index contributed by atoms with van der Waals surface area (Å²) in [5.41, 5.74) is 2.21. The Balaban J connectivity index is 1.52. The van der Waals surface area contributed by atoms with E-state index in [2.05, 4.69) is 10.4 Å². The monoisotopic (exact) mass is 404 g/mol. The third-order valence-corrected chi connectivity index (χ3v) is 4.98. The molecule has 1 aliphatic rings. The second-order valence-corrected chi connectivity index (χ2v) is 7.48. The molecule has 154 valence electrons. The van der Waals surface area contributed by atoms with Gasteiger partial charge in [-0.1, -0.05) is 30.3 Å². The van der Waals surface area contributed by atoms with E-state index >= 15 is 0 Å². The molecular formula is C23H24N4O3. The predicted molar refractivity (Wildman–Crippen MR) is 114 cm³/mol. The summed E-state index contributed by atoms with van der Waals surface area (Å²) in [6.07, 6.45) is 3.13. The molecule has 2 amide bonds. The summed E-state index contributed by atoms with van der Waals surface area (Å²) in [7, 11) is 0. The summed E-state index contributed by atoms with van der Waals surface area (Å²) in [4.78, 5) is 27.7. The Morgan fingerprint density at radius 2 is 1.67 bits per heavy atom. The van der Waals surface area contributed by atoms with Crippen LogP contribution in [0.1, 0.15) is 34.6 Å². The third kappa shape index (κ3) is 4.26. The lowest BCUT2D eigenvalue weighted by molar-refractivity contribution is -0.0585. The van der Waals surface area contributed by atoms with Gasteiger partial charge in [0.1, 0.15) is 0 Å². The summed E-state index contributed by atoms with van der Waals surface area (Å²) in [6.45, 7) is 4.95. The largest absolute Gasteiger partial charge is 0.372 e. The van der Waals surface area contributed by atoms with E-state index in [0.717, 1.165) is 5.69 Å². The molecule has 1 fully saturated rings. The van der Waals surface area contributed by atoms with E-state index in [9.17, 15) is 9.59 Å². The zero-order valence-electron chi connectivity index (χ0n) is 17.0. The maximum absolute atomic E-state index is 13.1. The highest BCUT2D eigenvalue weighted by Gasteiger charge is 2.28. The average molecular weight is 404 g/mol. The number of hydrogen-bond donors (Lipinski definition) is 1. The second-order valence-electron chi connectivity index (χ2n) is 7.48. The predicted octanol–water partition coefficient (Wildman–Crippen LogP) is 3.37. The van der Waals surface area contributed by atoms with Crippen molar-refractivity contribution in [3.05, 3.63) is 78.1 Å². The van der Waals surface area contributed by atoms with E-state index in [0.29, 0.717) is 29.9 Å². The molecule has 7 heteroatoms. The van der Waals surface area contributed by atoms with Crippen molar-refractivity contribution < 1.29 is 14.3 Å². The minimum absolute atomic E-state index is 0.0247. The van der Waals surface area contributed by atoms with E-state index in [1.54, 1.807) is 40.0 Å². The van der Waals surface area contributed by atoms with Crippen LogP contribution < -0.4 is 5.32 Å². The van der Waals surface area contributed by atoms with Crippen LogP contribution in [0.15, 0.2) is 67.0 Å². The average Bonchev–Trinajstić information content (AvgIpc) is 3.24. The van der Waals surface area contributed by atoms with E-state index in [4.69, 9.17) is 4.74 Å². The number of nitrogens with one attached hydrogen (secondary N) is 1. The van der Waals surface area contributed by atoms with Gasteiger partial charge in [-0.05, 0) is 38.1 Å². The lowest BCUT2D eigenvalue weighted by Gasteiger charge is -2.35. The number of ether oxygens (including phenoxy) is 1. The Hall–Kier alpha value is -3.45. The first kappa shape index (κ1) is 19.8. The van der Waals surface area contributed by atoms with Gasteiger partial charge < -0.3 is 15.0 Å². The molecule has 2 atom stereocenters. The van der Waals surface area contributed by atoms with Crippen LogP contribution in [-0.2, 0) is 4.74 Å². The van der Waals surface area contributed by atoms with E-state index in [-0.39, 0.29) is 24.0 Å². The highest BCUT2D eigenvalue weighted by Crippen LogP contribution is 2.21.